The van der Waals surface area contributed by atoms with Gasteiger partial charge in [0, 0.05) is 6.61 Å². The fourth-order valence-electron chi connectivity index (χ4n) is 5.17. The molecule has 168 valence electrons. The Morgan fingerprint density at radius 2 is 1.71 bits per heavy atom. The minimum Gasteiger partial charge on any atom is -0.378 e. The highest BCUT2D eigenvalue weighted by Gasteiger charge is 2.25. The van der Waals surface area contributed by atoms with E-state index >= 15 is 0 Å². The summed E-state index contributed by atoms with van der Waals surface area (Å²) in [6.07, 6.45) is 18.6. The molecule has 2 saturated carbocycles. The zero-order valence-electron chi connectivity index (χ0n) is 19.1. The number of benzene rings is 1. The maximum absolute atomic E-state index is 12.7. The summed E-state index contributed by atoms with van der Waals surface area (Å²) in [5, 5.41) is 8.38. The van der Waals surface area contributed by atoms with Gasteiger partial charge in [0.15, 0.2) is 5.83 Å². The van der Waals surface area contributed by atoms with Crippen LogP contribution in [-0.4, -0.2) is 12.7 Å². The van der Waals surface area contributed by atoms with Crippen LogP contribution < -0.4 is 0 Å². The van der Waals surface area contributed by atoms with Crippen molar-refractivity contribution < 1.29 is 9.13 Å². The van der Waals surface area contributed by atoms with E-state index in [9.17, 15) is 4.39 Å². The summed E-state index contributed by atoms with van der Waals surface area (Å²) in [5.41, 5.74) is 2.94. The molecule has 2 aliphatic rings. The Morgan fingerprint density at radius 3 is 2.35 bits per heavy atom. The van der Waals surface area contributed by atoms with Gasteiger partial charge >= 0.3 is 0 Å². The van der Waals surface area contributed by atoms with Gasteiger partial charge < -0.3 is 4.74 Å². The van der Waals surface area contributed by atoms with Crippen molar-refractivity contribution in [2.24, 2.45) is 11.8 Å². The number of hydrogen-bond acceptors (Lipinski definition) is 2. The van der Waals surface area contributed by atoms with E-state index in [4.69, 9.17) is 10.00 Å². The zero-order chi connectivity index (χ0) is 21.9. The molecule has 2 fully saturated rings. The average molecular weight is 424 g/mol. The lowest BCUT2D eigenvalue weighted by Crippen LogP contribution is -2.25. The smallest absolute Gasteiger partial charge is 0.199 e. The molecule has 0 spiro atoms. The quantitative estimate of drug-likeness (QED) is 0.300. The van der Waals surface area contributed by atoms with Crippen molar-refractivity contribution in [3.8, 4) is 6.07 Å². The minimum atomic E-state index is -0.726. The molecule has 1 aromatic rings. The number of hydrogen-bond donors (Lipinski definition) is 0. The fraction of sp³-hybridized carbons (Fsp3) is 0.607. The molecular weight excluding hydrogens is 385 g/mol. The lowest BCUT2D eigenvalue weighted by Gasteiger charge is -2.32. The molecule has 0 saturated heterocycles. The molecule has 0 heterocycles. The van der Waals surface area contributed by atoms with Crippen LogP contribution in [0.5, 0.6) is 0 Å². The van der Waals surface area contributed by atoms with Gasteiger partial charge in [0.1, 0.15) is 6.07 Å². The van der Waals surface area contributed by atoms with Crippen LogP contribution in [0.15, 0.2) is 48.3 Å². The number of nitriles is 1. The number of allylic oxidation sites excluding steroid dienone is 4. The van der Waals surface area contributed by atoms with Crippen molar-refractivity contribution in [2.75, 3.05) is 6.61 Å². The van der Waals surface area contributed by atoms with Crippen LogP contribution >= 0.6 is 0 Å². The van der Waals surface area contributed by atoms with Gasteiger partial charge in [-0.2, -0.15) is 9.65 Å². The second-order valence-electron chi connectivity index (χ2n) is 9.42. The van der Waals surface area contributed by atoms with E-state index in [0.717, 1.165) is 37.7 Å². The summed E-state index contributed by atoms with van der Waals surface area (Å²) in [4.78, 5) is 0. The number of halogens is 1. The summed E-state index contributed by atoms with van der Waals surface area (Å²) >= 11 is 0. The standard InChI is InChI=1S/C28H38FNO/c1-2-22-12-14-25(15-13-22)26-16-18-28(19-17-26)31-21-24-10-8-23(9-11-24)6-4-3-5-7-27(29)20-30/h3,5,7,12-15,23-24,26,28H,2,4,6,8-11,16-19,21H2,1H3/b5-3+,27-7-/t23-,24-,26-,28-. The van der Waals surface area contributed by atoms with Crippen LogP contribution in [0, 0.1) is 23.2 Å². The summed E-state index contributed by atoms with van der Waals surface area (Å²) < 4.78 is 19.1. The maximum atomic E-state index is 12.7. The third kappa shape index (κ3) is 7.93. The predicted molar refractivity (Wildman–Crippen MR) is 125 cm³/mol. The topological polar surface area (TPSA) is 33.0 Å². The first-order valence-corrected chi connectivity index (χ1v) is 12.3. The molecule has 2 nitrogen and oxygen atoms in total. The normalized spacial score (nSPS) is 27.3. The second kappa shape index (κ2) is 12.8. The van der Waals surface area contributed by atoms with E-state index in [0.29, 0.717) is 12.0 Å². The van der Waals surface area contributed by atoms with Crippen LogP contribution in [0.3, 0.4) is 0 Å². The Morgan fingerprint density at radius 1 is 1.03 bits per heavy atom. The third-order valence-electron chi connectivity index (χ3n) is 7.29. The van der Waals surface area contributed by atoms with Gasteiger partial charge in [-0.1, -0.05) is 56.2 Å². The van der Waals surface area contributed by atoms with Crippen molar-refractivity contribution >= 4 is 0 Å². The molecule has 0 aliphatic heterocycles. The number of ether oxygens (including phenoxy) is 1. The molecule has 0 amide bonds. The maximum Gasteiger partial charge on any atom is 0.199 e. The molecule has 1 aromatic carbocycles. The first kappa shape index (κ1) is 23.7. The highest BCUT2D eigenvalue weighted by atomic mass is 19.1. The predicted octanol–water partition coefficient (Wildman–Crippen LogP) is 7.81. The molecule has 0 atom stereocenters. The molecular formula is C28H38FNO. The number of rotatable bonds is 9. The highest BCUT2D eigenvalue weighted by molar-refractivity contribution is 5.25. The zero-order valence-corrected chi connectivity index (χ0v) is 19.1. The van der Waals surface area contributed by atoms with Crippen molar-refractivity contribution in [1.82, 2.24) is 0 Å². The molecule has 31 heavy (non-hydrogen) atoms. The largest absolute Gasteiger partial charge is 0.378 e. The SMILES string of the molecule is CCc1ccc([C@H]2CC[C@H](OC[C@H]3CC[C@H](CC/C=C/C=C(\F)C#N)CC3)CC2)cc1. The van der Waals surface area contributed by atoms with E-state index in [2.05, 4.69) is 31.2 Å². The van der Waals surface area contributed by atoms with Crippen LogP contribution in [0.1, 0.15) is 88.2 Å². The van der Waals surface area contributed by atoms with Crippen molar-refractivity contribution in [3.63, 3.8) is 0 Å². The lowest BCUT2D eigenvalue weighted by molar-refractivity contribution is -0.00474. The summed E-state index contributed by atoms with van der Waals surface area (Å²) in [7, 11) is 0. The van der Waals surface area contributed by atoms with Gasteiger partial charge in [-0.25, -0.2) is 0 Å². The number of nitrogens with zero attached hydrogens (tertiary/aromatic N) is 1. The molecule has 2 aliphatic carbocycles. The van der Waals surface area contributed by atoms with E-state index < -0.39 is 5.83 Å². The minimum absolute atomic E-state index is 0.455. The van der Waals surface area contributed by atoms with E-state index in [1.165, 1.54) is 74.6 Å². The average Bonchev–Trinajstić information content (AvgIpc) is 2.83. The van der Waals surface area contributed by atoms with Crippen LogP contribution in [0.4, 0.5) is 4.39 Å². The fourth-order valence-corrected chi connectivity index (χ4v) is 5.17. The Balaban J connectivity index is 1.28. The summed E-state index contributed by atoms with van der Waals surface area (Å²) in [6, 6.07) is 10.7. The van der Waals surface area contributed by atoms with Gasteiger partial charge in [-0.3, -0.25) is 0 Å². The molecule has 0 radical (unpaired) electrons. The van der Waals surface area contributed by atoms with Gasteiger partial charge in [0.05, 0.1) is 6.10 Å². The Labute approximate surface area is 188 Å². The van der Waals surface area contributed by atoms with E-state index in [1.54, 1.807) is 6.08 Å². The van der Waals surface area contributed by atoms with Crippen molar-refractivity contribution in [2.45, 2.75) is 89.6 Å². The van der Waals surface area contributed by atoms with Crippen LogP contribution in [-0.2, 0) is 11.2 Å². The van der Waals surface area contributed by atoms with Gasteiger partial charge in [-0.05, 0) is 92.7 Å². The van der Waals surface area contributed by atoms with Gasteiger partial charge in [-0.15, -0.1) is 0 Å². The molecule has 0 bridgehead atoms. The first-order valence-electron chi connectivity index (χ1n) is 12.3. The first-order chi connectivity index (χ1) is 15.2. The highest BCUT2D eigenvalue weighted by Crippen LogP contribution is 2.36. The molecule has 3 rings (SSSR count). The second-order valence-corrected chi connectivity index (χ2v) is 9.42. The third-order valence-corrected chi connectivity index (χ3v) is 7.29. The van der Waals surface area contributed by atoms with Crippen LogP contribution in [0.25, 0.3) is 0 Å². The van der Waals surface area contributed by atoms with Crippen molar-refractivity contribution in [1.29, 1.82) is 5.26 Å². The molecule has 0 aromatic heterocycles. The Bertz CT molecular complexity index is 744. The summed E-state index contributed by atoms with van der Waals surface area (Å²) in [6.45, 7) is 3.15. The molecule has 3 heteroatoms. The van der Waals surface area contributed by atoms with Gasteiger partial charge in [0.2, 0.25) is 0 Å². The lowest BCUT2D eigenvalue weighted by atomic mass is 9.80. The van der Waals surface area contributed by atoms with E-state index in [1.807, 2.05) is 6.08 Å². The van der Waals surface area contributed by atoms with E-state index in [-0.39, 0.29) is 0 Å². The Hall–Kier alpha value is -1.92. The molecule has 0 unspecified atom stereocenters. The summed E-state index contributed by atoms with van der Waals surface area (Å²) in [5.74, 6) is 1.48. The van der Waals surface area contributed by atoms with Gasteiger partial charge in [0.25, 0.3) is 0 Å². The van der Waals surface area contributed by atoms with Crippen LogP contribution in [0.2, 0.25) is 0 Å². The van der Waals surface area contributed by atoms with Crippen molar-refractivity contribution in [3.05, 3.63) is 59.4 Å². The molecule has 0 N–H and O–H groups in total. The monoisotopic (exact) mass is 423 g/mol. The Kier molecular flexibility index (Phi) is 9.82. The number of aryl methyl sites for hydroxylation is 1.